The average molecular weight is 315 g/mol. The van der Waals surface area contributed by atoms with Crippen LogP contribution < -0.4 is 4.74 Å². The molecule has 0 aliphatic heterocycles. The van der Waals surface area contributed by atoms with Gasteiger partial charge < -0.3 is 4.74 Å². The predicted octanol–water partition coefficient (Wildman–Crippen LogP) is 2.97. The Kier molecular flexibility index (Phi) is 4.26. The van der Waals surface area contributed by atoms with Crippen molar-refractivity contribution in [3.63, 3.8) is 0 Å². The molecule has 0 saturated carbocycles. The number of aromatic nitrogens is 1. The highest BCUT2D eigenvalue weighted by Gasteiger charge is 2.42. The van der Waals surface area contributed by atoms with Crippen LogP contribution in [0.2, 0.25) is 0 Å². The maximum Gasteiger partial charge on any atom is 0.573 e. The largest absolute Gasteiger partial charge is 0.573 e. The van der Waals surface area contributed by atoms with Crippen molar-refractivity contribution >= 4 is 5.69 Å². The highest BCUT2D eigenvalue weighted by molar-refractivity contribution is 5.55. The van der Waals surface area contributed by atoms with Gasteiger partial charge in [-0.15, -0.1) is 13.2 Å². The fraction of sp³-hybridized carbons (Fsp3) is 0.333. The van der Waals surface area contributed by atoms with Crippen LogP contribution in [0.15, 0.2) is 6.20 Å². The number of alkyl halides is 6. The van der Waals surface area contributed by atoms with Crippen LogP contribution in [0.3, 0.4) is 0 Å². The number of hydrogen-bond donors (Lipinski definition) is 0. The van der Waals surface area contributed by atoms with Gasteiger partial charge in [-0.3, -0.25) is 10.1 Å². The maximum atomic E-state index is 12.6. The first-order valence-corrected chi connectivity index (χ1v) is 4.83. The molecule has 0 saturated heterocycles. The fourth-order valence-corrected chi connectivity index (χ4v) is 1.41. The summed E-state index contributed by atoms with van der Waals surface area (Å²) in [4.78, 5) is 11.9. The van der Waals surface area contributed by atoms with Crippen LogP contribution in [0, 0.1) is 21.4 Å². The molecular formula is C9H3F6N3O3. The first-order chi connectivity index (χ1) is 9.47. The molecule has 1 rings (SSSR count). The van der Waals surface area contributed by atoms with Crippen molar-refractivity contribution in [3.8, 4) is 11.8 Å². The monoisotopic (exact) mass is 315 g/mol. The molecule has 0 atom stereocenters. The molecule has 1 heterocycles. The molecule has 0 spiro atoms. The summed E-state index contributed by atoms with van der Waals surface area (Å²) in [6, 6.07) is 1.20. The standard InChI is InChI=1S/C9H3F6N3O3/c10-8(11,12)7-4(1-2-16)6(18(19)20)5(3-17-7)21-9(13,14)15/h3H,1H2. The Balaban J connectivity index is 3.62. The highest BCUT2D eigenvalue weighted by Crippen LogP contribution is 2.40. The summed E-state index contributed by atoms with van der Waals surface area (Å²) in [6.45, 7) is 0. The summed E-state index contributed by atoms with van der Waals surface area (Å²) in [5, 5.41) is 19.1. The summed E-state index contributed by atoms with van der Waals surface area (Å²) < 4.78 is 77.4. The number of rotatable bonds is 3. The van der Waals surface area contributed by atoms with Gasteiger partial charge in [0.25, 0.3) is 0 Å². The van der Waals surface area contributed by atoms with Gasteiger partial charge in [0, 0.05) is 0 Å². The molecule has 6 nitrogen and oxygen atoms in total. The quantitative estimate of drug-likeness (QED) is 0.486. The number of pyridine rings is 1. The summed E-state index contributed by atoms with van der Waals surface area (Å²) in [7, 11) is 0. The molecule has 0 amide bonds. The van der Waals surface area contributed by atoms with Gasteiger partial charge in [-0.1, -0.05) is 0 Å². The van der Waals surface area contributed by atoms with Crippen molar-refractivity contribution in [2.45, 2.75) is 19.0 Å². The van der Waals surface area contributed by atoms with Crippen molar-refractivity contribution in [3.05, 3.63) is 27.6 Å². The van der Waals surface area contributed by atoms with Crippen LogP contribution in [-0.2, 0) is 12.6 Å². The minimum absolute atomic E-state index is 0.0602. The Morgan fingerprint density at radius 1 is 1.33 bits per heavy atom. The third kappa shape index (κ3) is 3.94. The van der Waals surface area contributed by atoms with Gasteiger partial charge in [0.05, 0.1) is 29.2 Å². The number of halogens is 6. The van der Waals surface area contributed by atoms with Gasteiger partial charge in [-0.2, -0.15) is 18.4 Å². The minimum atomic E-state index is -5.36. The van der Waals surface area contributed by atoms with Crippen molar-refractivity contribution in [2.75, 3.05) is 0 Å². The topological polar surface area (TPSA) is 89.0 Å². The number of nitrogens with zero attached hydrogens (tertiary/aromatic N) is 3. The molecule has 0 N–H and O–H groups in total. The first kappa shape index (κ1) is 16.5. The van der Waals surface area contributed by atoms with Crippen molar-refractivity contribution in [1.82, 2.24) is 4.98 Å². The van der Waals surface area contributed by atoms with Crippen LogP contribution in [0.25, 0.3) is 0 Å². The van der Waals surface area contributed by atoms with E-state index in [2.05, 4.69) is 9.72 Å². The molecule has 0 aromatic carbocycles. The Labute approximate surface area is 111 Å². The molecular weight excluding hydrogens is 312 g/mol. The number of hydrogen-bond acceptors (Lipinski definition) is 5. The molecule has 1 aromatic rings. The summed E-state index contributed by atoms with van der Waals surface area (Å²) in [5.74, 6) is -1.52. The normalized spacial score (nSPS) is 11.9. The number of nitro groups is 1. The average Bonchev–Trinajstić information content (AvgIpc) is 2.24. The van der Waals surface area contributed by atoms with Crippen LogP contribution in [0.4, 0.5) is 32.0 Å². The van der Waals surface area contributed by atoms with E-state index in [1.165, 1.54) is 6.07 Å². The summed E-state index contributed by atoms with van der Waals surface area (Å²) in [6.07, 6.45) is -11.8. The molecule has 0 aliphatic rings. The second-order valence-corrected chi connectivity index (χ2v) is 3.44. The molecule has 0 radical (unpaired) electrons. The van der Waals surface area contributed by atoms with E-state index in [0.717, 1.165) is 0 Å². The van der Waals surface area contributed by atoms with Crippen LogP contribution in [0.5, 0.6) is 5.75 Å². The smallest absolute Gasteiger partial charge is 0.397 e. The van der Waals surface area contributed by atoms with Crippen molar-refractivity contribution in [1.29, 1.82) is 5.26 Å². The molecule has 1 aromatic heterocycles. The number of ether oxygens (including phenoxy) is 1. The third-order valence-corrected chi connectivity index (χ3v) is 2.05. The van der Waals surface area contributed by atoms with E-state index in [4.69, 9.17) is 5.26 Å². The number of nitriles is 1. The Bertz CT molecular complexity index is 604. The van der Waals surface area contributed by atoms with E-state index in [1.54, 1.807) is 0 Å². The van der Waals surface area contributed by atoms with Crippen molar-refractivity contribution < 1.29 is 36.0 Å². The van der Waals surface area contributed by atoms with E-state index >= 15 is 0 Å². The Morgan fingerprint density at radius 2 is 1.90 bits per heavy atom. The van der Waals surface area contributed by atoms with E-state index in [9.17, 15) is 36.5 Å². The lowest BCUT2D eigenvalue weighted by Gasteiger charge is -2.14. The van der Waals surface area contributed by atoms with Crippen molar-refractivity contribution in [2.24, 2.45) is 0 Å². The van der Waals surface area contributed by atoms with Gasteiger partial charge in [-0.05, 0) is 0 Å². The zero-order valence-electron chi connectivity index (χ0n) is 9.62. The van der Waals surface area contributed by atoms with Gasteiger partial charge in [-0.25, -0.2) is 4.98 Å². The predicted molar refractivity (Wildman–Crippen MR) is 51.9 cm³/mol. The lowest BCUT2D eigenvalue weighted by Crippen LogP contribution is -2.20. The highest BCUT2D eigenvalue weighted by atomic mass is 19.4. The molecule has 114 valence electrons. The molecule has 0 bridgehead atoms. The third-order valence-electron chi connectivity index (χ3n) is 2.05. The van der Waals surface area contributed by atoms with Crippen LogP contribution in [-0.4, -0.2) is 16.3 Å². The maximum absolute atomic E-state index is 12.6. The SMILES string of the molecule is N#CCc1c(C(F)(F)F)ncc(OC(F)(F)F)c1[N+](=O)[O-]. The van der Waals surface area contributed by atoms with E-state index in [0.29, 0.717) is 0 Å². The van der Waals surface area contributed by atoms with Gasteiger partial charge >= 0.3 is 18.2 Å². The zero-order chi connectivity index (χ0) is 16.4. The molecule has 0 fully saturated rings. The molecule has 21 heavy (non-hydrogen) atoms. The molecule has 12 heteroatoms. The zero-order valence-corrected chi connectivity index (χ0v) is 9.62. The molecule has 0 aliphatic carbocycles. The van der Waals surface area contributed by atoms with Crippen LogP contribution in [0.1, 0.15) is 11.3 Å². The van der Waals surface area contributed by atoms with Crippen LogP contribution >= 0.6 is 0 Å². The van der Waals surface area contributed by atoms with E-state index in [-0.39, 0.29) is 6.20 Å². The van der Waals surface area contributed by atoms with E-state index < -0.39 is 46.6 Å². The summed E-state index contributed by atoms with van der Waals surface area (Å²) >= 11 is 0. The minimum Gasteiger partial charge on any atom is -0.397 e. The Morgan fingerprint density at radius 3 is 2.29 bits per heavy atom. The second kappa shape index (κ2) is 5.43. The molecule has 0 unspecified atom stereocenters. The first-order valence-electron chi connectivity index (χ1n) is 4.83. The lowest BCUT2D eigenvalue weighted by atomic mass is 10.1. The fourth-order valence-electron chi connectivity index (χ4n) is 1.41. The Hall–Kier alpha value is -2.58. The van der Waals surface area contributed by atoms with Gasteiger partial charge in [0.2, 0.25) is 5.75 Å². The van der Waals surface area contributed by atoms with Gasteiger partial charge in [0.1, 0.15) is 0 Å². The summed E-state index contributed by atoms with van der Waals surface area (Å²) in [5.41, 5.74) is -4.71. The van der Waals surface area contributed by atoms with E-state index in [1.807, 2.05) is 0 Å². The lowest BCUT2D eigenvalue weighted by molar-refractivity contribution is -0.389. The second-order valence-electron chi connectivity index (χ2n) is 3.44. The van der Waals surface area contributed by atoms with Gasteiger partial charge in [0.15, 0.2) is 5.69 Å².